The number of carbonyl (C=O) groups excluding carboxylic acids is 2. The molecular formula is C23H25N3O3S. The number of anilines is 1. The van der Waals surface area contributed by atoms with Crippen molar-refractivity contribution in [3.63, 3.8) is 0 Å². The van der Waals surface area contributed by atoms with Gasteiger partial charge >= 0.3 is 0 Å². The highest BCUT2D eigenvalue weighted by Gasteiger charge is 2.15. The van der Waals surface area contributed by atoms with Crippen molar-refractivity contribution >= 4 is 28.8 Å². The van der Waals surface area contributed by atoms with Crippen molar-refractivity contribution in [2.45, 2.75) is 26.7 Å². The molecule has 0 aliphatic heterocycles. The summed E-state index contributed by atoms with van der Waals surface area (Å²) in [5, 5.41) is 8.35. The highest BCUT2D eigenvalue weighted by molar-refractivity contribution is 7.13. The predicted octanol–water partition coefficient (Wildman–Crippen LogP) is 4.53. The summed E-state index contributed by atoms with van der Waals surface area (Å²) in [6, 6.07) is 14.7. The van der Waals surface area contributed by atoms with E-state index in [1.807, 2.05) is 43.5 Å². The van der Waals surface area contributed by atoms with Crippen LogP contribution in [0.2, 0.25) is 0 Å². The minimum atomic E-state index is -0.222. The second-order valence-corrected chi connectivity index (χ2v) is 7.46. The van der Waals surface area contributed by atoms with Crippen LogP contribution in [-0.4, -0.2) is 29.9 Å². The van der Waals surface area contributed by atoms with Crippen LogP contribution in [0.25, 0.3) is 10.6 Å². The smallest absolute Gasteiger partial charge is 0.253 e. The Hall–Kier alpha value is -3.19. The molecule has 0 atom stereocenters. The zero-order valence-electron chi connectivity index (χ0n) is 17.1. The Morgan fingerprint density at radius 3 is 2.63 bits per heavy atom. The van der Waals surface area contributed by atoms with Crippen LogP contribution in [-0.2, 0) is 11.2 Å². The fourth-order valence-corrected chi connectivity index (χ4v) is 3.77. The van der Waals surface area contributed by atoms with E-state index in [0.717, 1.165) is 22.7 Å². The highest BCUT2D eigenvalue weighted by atomic mass is 32.1. The standard InChI is InChI=1S/C23H25N3O3S/c1-3-13-24-22(28)17-9-5-7-11-19(17)26-21(27)14-16-15-30-23(25-16)18-10-6-8-12-20(18)29-4-2/h5-12,15H,3-4,13-14H2,1-2H3,(H,24,28)(H,26,27). The van der Waals surface area contributed by atoms with Crippen LogP contribution in [0, 0.1) is 0 Å². The van der Waals surface area contributed by atoms with E-state index in [2.05, 4.69) is 15.6 Å². The van der Waals surface area contributed by atoms with Crippen molar-refractivity contribution in [2.24, 2.45) is 0 Å². The number of aromatic nitrogens is 1. The van der Waals surface area contributed by atoms with Gasteiger partial charge in [-0.05, 0) is 37.6 Å². The average molecular weight is 424 g/mol. The topological polar surface area (TPSA) is 80.3 Å². The van der Waals surface area contributed by atoms with E-state index in [0.29, 0.717) is 30.1 Å². The number of hydrogen-bond donors (Lipinski definition) is 2. The maximum absolute atomic E-state index is 12.6. The van der Waals surface area contributed by atoms with Crippen molar-refractivity contribution in [3.05, 3.63) is 65.2 Å². The lowest BCUT2D eigenvalue weighted by molar-refractivity contribution is -0.115. The van der Waals surface area contributed by atoms with Crippen molar-refractivity contribution in [1.29, 1.82) is 0 Å². The second kappa shape index (κ2) is 10.5. The van der Waals surface area contributed by atoms with E-state index < -0.39 is 0 Å². The molecular weight excluding hydrogens is 398 g/mol. The van der Waals surface area contributed by atoms with Crippen molar-refractivity contribution in [1.82, 2.24) is 10.3 Å². The van der Waals surface area contributed by atoms with E-state index in [4.69, 9.17) is 4.74 Å². The van der Waals surface area contributed by atoms with E-state index in [-0.39, 0.29) is 18.2 Å². The molecule has 1 aromatic heterocycles. The molecule has 30 heavy (non-hydrogen) atoms. The van der Waals surface area contributed by atoms with Gasteiger partial charge in [-0.1, -0.05) is 31.2 Å². The fraction of sp³-hybridized carbons (Fsp3) is 0.261. The number of benzene rings is 2. The lowest BCUT2D eigenvalue weighted by Gasteiger charge is -2.10. The summed E-state index contributed by atoms with van der Waals surface area (Å²) in [6.07, 6.45) is 0.969. The first kappa shape index (κ1) is 21.5. The Balaban J connectivity index is 1.70. The van der Waals surface area contributed by atoms with Gasteiger partial charge in [-0.3, -0.25) is 9.59 Å². The largest absolute Gasteiger partial charge is 0.493 e. The van der Waals surface area contributed by atoms with Gasteiger partial charge in [-0.25, -0.2) is 4.98 Å². The number of nitrogens with zero attached hydrogens (tertiary/aromatic N) is 1. The number of carbonyl (C=O) groups is 2. The molecule has 0 aliphatic rings. The summed E-state index contributed by atoms with van der Waals surface area (Å²) >= 11 is 1.47. The molecule has 3 aromatic rings. The van der Waals surface area contributed by atoms with Gasteiger partial charge in [0, 0.05) is 11.9 Å². The number of nitrogens with one attached hydrogen (secondary N) is 2. The van der Waals surface area contributed by atoms with Crippen molar-refractivity contribution in [2.75, 3.05) is 18.5 Å². The van der Waals surface area contributed by atoms with E-state index in [1.54, 1.807) is 24.3 Å². The summed E-state index contributed by atoms with van der Waals surface area (Å²) in [5.74, 6) is 0.356. The molecule has 2 amide bonds. The maximum atomic E-state index is 12.6. The van der Waals surface area contributed by atoms with Gasteiger partial charge in [0.15, 0.2) is 0 Å². The molecule has 3 rings (SSSR count). The number of para-hydroxylation sites is 2. The summed E-state index contributed by atoms with van der Waals surface area (Å²) in [4.78, 5) is 29.5. The monoisotopic (exact) mass is 423 g/mol. The molecule has 6 nitrogen and oxygen atoms in total. The molecule has 0 spiro atoms. The third kappa shape index (κ3) is 5.45. The third-order valence-corrected chi connectivity index (χ3v) is 5.22. The Bertz CT molecular complexity index is 1020. The molecule has 0 radical (unpaired) electrons. The second-order valence-electron chi connectivity index (χ2n) is 6.60. The molecule has 0 saturated heterocycles. The van der Waals surface area contributed by atoms with E-state index >= 15 is 0 Å². The maximum Gasteiger partial charge on any atom is 0.253 e. The lowest BCUT2D eigenvalue weighted by Crippen LogP contribution is -2.26. The number of ether oxygens (including phenoxy) is 1. The van der Waals surface area contributed by atoms with Gasteiger partial charge in [0.25, 0.3) is 5.91 Å². The van der Waals surface area contributed by atoms with Gasteiger partial charge < -0.3 is 15.4 Å². The number of rotatable bonds is 9. The van der Waals surface area contributed by atoms with Crippen LogP contribution >= 0.6 is 11.3 Å². The fourth-order valence-electron chi connectivity index (χ4n) is 2.92. The Morgan fingerprint density at radius 2 is 1.83 bits per heavy atom. The SMILES string of the molecule is CCCNC(=O)c1ccccc1NC(=O)Cc1csc(-c2ccccc2OCC)n1. The van der Waals surface area contributed by atoms with Gasteiger partial charge in [0.05, 0.1) is 35.5 Å². The lowest BCUT2D eigenvalue weighted by atomic mass is 10.1. The molecule has 1 heterocycles. The van der Waals surface area contributed by atoms with E-state index in [1.165, 1.54) is 11.3 Å². The van der Waals surface area contributed by atoms with Gasteiger partial charge in [-0.2, -0.15) is 0 Å². The molecule has 0 aliphatic carbocycles. The zero-order chi connectivity index (χ0) is 21.3. The van der Waals surface area contributed by atoms with E-state index in [9.17, 15) is 9.59 Å². The minimum absolute atomic E-state index is 0.123. The van der Waals surface area contributed by atoms with Crippen LogP contribution in [0.3, 0.4) is 0 Å². The number of hydrogen-bond acceptors (Lipinski definition) is 5. The first-order valence-electron chi connectivity index (χ1n) is 9.96. The average Bonchev–Trinajstić information content (AvgIpc) is 3.21. The first-order valence-corrected chi connectivity index (χ1v) is 10.8. The number of amides is 2. The zero-order valence-corrected chi connectivity index (χ0v) is 17.9. The molecule has 2 aromatic carbocycles. The van der Waals surface area contributed by atoms with Crippen molar-refractivity contribution in [3.8, 4) is 16.3 Å². The molecule has 156 valence electrons. The van der Waals surface area contributed by atoms with Crippen LogP contribution in [0.15, 0.2) is 53.9 Å². The minimum Gasteiger partial charge on any atom is -0.493 e. The number of thiazole rings is 1. The Kier molecular flexibility index (Phi) is 7.57. The van der Waals surface area contributed by atoms with Gasteiger partial charge in [0.2, 0.25) is 5.91 Å². The van der Waals surface area contributed by atoms with Crippen LogP contribution in [0.5, 0.6) is 5.75 Å². The molecule has 7 heteroatoms. The predicted molar refractivity (Wildman–Crippen MR) is 120 cm³/mol. The summed E-state index contributed by atoms with van der Waals surface area (Å²) in [6.45, 7) is 5.09. The normalized spacial score (nSPS) is 10.5. The van der Waals surface area contributed by atoms with Crippen LogP contribution in [0.4, 0.5) is 5.69 Å². The van der Waals surface area contributed by atoms with Gasteiger partial charge in [-0.15, -0.1) is 11.3 Å². The summed E-state index contributed by atoms with van der Waals surface area (Å²) in [5.41, 5.74) is 2.53. The first-order chi connectivity index (χ1) is 14.6. The quantitative estimate of drug-likeness (QED) is 0.530. The van der Waals surface area contributed by atoms with Crippen LogP contribution < -0.4 is 15.4 Å². The Labute approximate surface area is 180 Å². The molecule has 0 saturated carbocycles. The molecule has 0 unspecified atom stereocenters. The van der Waals surface area contributed by atoms with Crippen molar-refractivity contribution < 1.29 is 14.3 Å². The molecule has 0 bridgehead atoms. The highest BCUT2D eigenvalue weighted by Crippen LogP contribution is 2.32. The summed E-state index contributed by atoms with van der Waals surface area (Å²) in [7, 11) is 0. The Morgan fingerprint density at radius 1 is 1.07 bits per heavy atom. The van der Waals surface area contributed by atoms with Crippen LogP contribution in [0.1, 0.15) is 36.3 Å². The summed E-state index contributed by atoms with van der Waals surface area (Å²) < 4.78 is 5.67. The molecule has 2 N–H and O–H groups in total. The van der Waals surface area contributed by atoms with Gasteiger partial charge in [0.1, 0.15) is 10.8 Å². The third-order valence-electron chi connectivity index (χ3n) is 4.29. The molecule has 0 fully saturated rings.